The molecule has 0 atom stereocenters. The highest BCUT2D eigenvalue weighted by Crippen LogP contribution is 2.28. The second-order valence-electron chi connectivity index (χ2n) is 3.86. The van der Waals surface area contributed by atoms with Crippen LogP contribution < -0.4 is 4.90 Å². The lowest BCUT2D eigenvalue weighted by atomic mass is 10.1. The molecule has 1 aromatic heterocycles. The van der Waals surface area contributed by atoms with Crippen LogP contribution in [0.1, 0.15) is 12.5 Å². The third-order valence-corrected chi connectivity index (χ3v) is 2.84. The minimum atomic E-state index is -0.0904. The lowest BCUT2D eigenvalue weighted by molar-refractivity contribution is -0.112. The van der Waals surface area contributed by atoms with Gasteiger partial charge < -0.3 is 4.90 Å². The zero-order valence-corrected chi connectivity index (χ0v) is 9.82. The second kappa shape index (κ2) is 4.06. The third-order valence-electron chi connectivity index (χ3n) is 2.84. The molecule has 1 aliphatic rings. The van der Waals surface area contributed by atoms with Gasteiger partial charge in [0.2, 0.25) is 0 Å². The molecule has 3 rings (SSSR count). The molecular formula is C12H11N5O. The van der Waals surface area contributed by atoms with Gasteiger partial charge in [0.05, 0.1) is 5.69 Å². The molecule has 2 aromatic rings. The first kappa shape index (κ1) is 10.6. The van der Waals surface area contributed by atoms with Crippen molar-refractivity contribution in [1.82, 2.24) is 14.9 Å². The van der Waals surface area contributed by atoms with Gasteiger partial charge in [-0.2, -0.15) is 5.10 Å². The smallest absolute Gasteiger partial charge is 0.279 e. The van der Waals surface area contributed by atoms with Gasteiger partial charge in [-0.15, -0.1) is 10.2 Å². The molecule has 2 heterocycles. The van der Waals surface area contributed by atoms with Gasteiger partial charge in [-0.05, 0) is 13.0 Å². The van der Waals surface area contributed by atoms with Gasteiger partial charge in [0, 0.05) is 12.1 Å². The normalized spacial score (nSPS) is 16.4. The Morgan fingerprint density at radius 1 is 1.22 bits per heavy atom. The number of carbonyl (C=O) groups is 1. The highest BCUT2D eigenvalue weighted by Gasteiger charge is 2.32. The standard InChI is InChI=1S/C12H11N5O/c1-2-17-10-6-4-3-5-9(10)11(12(17)18)15-16-7-13-14-8-16/h3-8H,2H2,1H3/b15-11+. The highest BCUT2D eigenvalue weighted by atomic mass is 16.2. The van der Waals surface area contributed by atoms with Crippen LogP contribution >= 0.6 is 0 Å². The van der Waals surface area contributed by atoms with E-state index in [-0.39, 0.29) is 5.91 Å². The summed E-state index contributed by atoms with van der Waals surface area (Å²) in [6.45, 7) is 2.56. The van der Waals surface area contributed by atoms with Crippen molar-refractivity contribution in [2.24, 2.45) is 5.10 Å². The molecular weight excluding hydrogens is 230 g/mol. The number of benzene rings is 1. The largest absolute Gasteiger partial charge is 0.307 e. The number of rotatable bonds is 2. The fourth-order valence-electron chi connectivity index (χ4n) is 2.03. The van der Waals surface area contributed by atoms with E-state index >= 15 is 0 Å². The molecule has 0 saturated carbocycles. The molecule has 6 nitrogen and oxygen atoms in total. The zero-order chi connectivity index (χ0) is 12.5. The molecule has 1 aromatic carbocycles. The van der Waals surface area contributed by atoms with Crippen LogP contribution in [-0.4, -0.2) is 33.0 Å². The lowest BCUT2D eigenvalue weighted by Crippen LogP contribution is -2.30. The summed E-state index contributed by atoms with van der Waals surface area (Å²) >= 11 is 0. The topological polar surface area (TPSA) is 63.4 Å². The van der Waals surface area contributed by atoms with Crippen LogP contribution in [0.3, 0.4) is 0 Å². The number of aromatic nitrogens is 3. The quantitative estimate of drug-likeness (QED) is 0.784. The fourth-order valence-corrected chi connectivity index (χ4v) is 2.03. The number of fused-ring (bicyclic) bond motifs is 1. The molecule has 0 saturated heterocycles. The Hall–Kier alpha value is -2.50. The molecule has 1 amide bonds. The van der Waals surface area contributed by atoms with Gasteiger partial charge in [-0.3, -0.25) is 4.79 Å². The molecule has 0 radical (unpaired) electrons. The molecule has 0 aliphatic carbocycles. The Labute approximate surface area is 104 Å². The van der Waals surface area contributed by atoms with Crippen LogP contribution in [0.2, 0.25) is 0 Å². The Bertz CT molecular complexity index is 617. The first-order chi connectivity index (χ1) is 8.81. The van der Waals surface area contributed by atoms with Gasteiger partial charge in [0.25, 0.3) is 5.91 Å². The number of carbonyl (C=O) groups excluding carboxylic acids is 1. The molecule has 0 bridgehead atoms. The summed E-state index contributed by atoms with van der Waals surface area (Å²) in [6.07, 6.45) is 2.91. The van der Waals surface area contributed by atoms with Crippen molar-refractivity contribution in [1.29, 1.82) is 0 Å². The van der Waals surface area contributed by atoms with Crippen LogP contribution in [0.5, 0.6) is 0 Å². The number of likely N-dealkylation sites (N-methyl/N-ethyl adjacent to an activating group) is 1. The van der Waals surface area contributed by atoms with E-state index in [9.17, 15) is 4.79 Å². The second-order valence-corrected chi connectivity index (χ2v) is 3.86. The van der Waals surface area contributed by atoms with Crippen molar-refractivity contribution in [2.45, 2.75) is 6.92 Å². The van der Waals surface area contributed by atoms with Crippen molar-refractivity contribution < 1.29 is 4.79 Å². The molecule has 0 spiro atoms. The van der Waals surface area contributed by atoms with Gasteiger partial charge >= 0.3 is 0 Å². The number of para-hydroxylation sites is 1. The van der Waals surface area contributed by atoms with E-state index < -0.39 is 0 Å². The van der Waals surface area contributed by atoms with Crippen LogP contribution in [0.25, 0.3) is 0 Å². The molecule has 0 fully saturated rings. The minimum absolute atomic E-state index is 0.0904. The average Bonchev–Trinajstić information content (AvgIpc) is 2.98. The Morgan fingerprint density at radius 3 is 2.67 bits per heavy atom. The van der Waals surface area contributed by atoms with E-state index in [0.717, 1.165) is 11.3 Å². The summed E-state index contributed by atoms with van der Waals surface area (Å²) < 4.78 is 1.43. The van der Waals surface area contributed by atoms with Crippen LogP contribution in [0.4, 0.5) is 5.69 Å². The maximum absolute atomic E-state index is 12.3. The van der Waals surface area contributed by atoms with E-state index in [2.05, 4.69) is 15.3 Å². The summed E-state index contributed by atoms with van der Waals surface area (Å²) in [5.74, 6) is -0.0904. The molecule has 1 aliphatic heterocycles. The molecule has 0 N–H and O–H groups in total. The summed E-state index contributed by atoms with van der Waals surface area (Å²) in [4.78, 5) is 14.0. The van der Waals surface area contributed by atoms with E-state index in [1.165, 1.54) is 17.3 Å². The number of hydrogen-bond acceptors (Lipinski definition) is 4. The third kappa shape index (κ3) is 1.50. The minimum Gasteiger partial charge on any atom is -0.307 e. The maximum atomic E-state index is 12.3. The maximum Gasteiger partial charge on any atom is 0.279 e. The summed E-state index contributed by atoms with van der Waals surface area (Å²) in [5, 5.41) is 11.6. The van der Waals surface area contributed by atoms with E-state index in [1.54, 1.807) is 4.90 Å². The van der Waals surface area contributed by atoms with Gasteiger partial charge in [0.15, 0.2) is 5.71 Å². The molecule has 90 valence electrons. The van der Waals surface area contributed by atoms with Crippen molar-refractivity contribution in [3.63, 3.8) is 0 Å². The fraction of sp³-hybridized carbons (Fsp3) is 0.167. The first-order valence-corrected chi connectivity index (χ1v) is 5.66. The molecule has 18 heavy (non-hydrogen) atoms. The zero-order valence-electron chi connectivity index (χ0n) is 9.82. The molecule has 0 unspecified atom stereocenters. The SMILES string of the molecule is CCN1C(=O)/C(=N/n2cnnc2)c2ccccc21. The summed E-state index contributed by atoms with van der Waals surface area (Å²) in [6, 6.07) is 7.63. The van der Waals surface area contributed by atoms with E-state index in [1.807, 2.05) is 31.2 Å². The predicted molar refractivity (Wildman–Crippen MR) is 66.4 cm³/mol. The Balaban J connectivity index is 2.14. The Morgan fingerprint density at radius 2 is 1.94 bits per heavy atom. The summed E-state index contributed by atoms with van der Waals surface area (Å²) in [5.41, 5.74) is 2.17. The highest BCUT2D eigenvalue weighted by molar-refractivity contribution is 6.54. The lowest BCUT2D eigenvalue weighted by Gasteiger charge is -2.12. The average molecular weight is 241 g/mol. The predicted octanol–water partition coefficient (Wildman–Crippen LogP) is 0.897. The number of amides is 1. The van der Waals surface area contributed by atoms with Gasteiger partial charge in [0.1, 0.15) is 12.7 Å². The Kier molecular flexibility index (Phi) is 2.40. The van der Waals surface area contributed by atoms with Crippen LogP contribution in [0, 0.1) is 0 Å². The van der Waals surface area contributed by atoms with Gasteiger partial charge in [-0.1, -0.05) is 18.2 Å². The van der Waals surface area contributed by atoms with Crippen LogP contribution in [-0.2, 0) is 4.79 Å². The number of anilines is 1. The van der Waals surface area contributed by atoms with Crippen molar-refractivity contribution in [3.8, 4) is 0 Å². The number of hydrogen-bond donors (Lipinski definition) is 0. The van der Waals surface area contributed by atoms with Gasteiger partial charge in [-0.25, -0.2) is 4.68 Å². The van der Waals surface area contributed by atoms with E-state index in [4.69, 9.17) is 0 Å². The van der Waals surface area contributed by atoms with Crippen molar-refractivity contribution in [3.05, 3.63) is 42.5 Å². The monoisotopic (exact) mass is 241 g/mol. The van der Waals surface area contributed by atoms with Crippen molar-refractivity contribution >= 4 is 17.3 Å². The van der Waals surface area contributed by atoms with Crippen LogP contribution in [0.15, 0.2) is 42.0 Å². The number of nitrogens with zero attached hydrogens (tertiary/aromatic N) is 5. The van der Waals surface area contributed by atoms with E-state index in [0.29, 0.717) is 12.3 Å². The van der Waals surface area contributed by atoms with Crippen molar-refractivity contribution in [2.75, 3.05) is 11.4 Å². The molecule has 6 heteroatoms. The summed E-state index contributed by atoms with van der Waals surface area (Å²) in [7, 11) is 0. The first-order valence-electron chi connectivity index (χ1n) is 5.66.